The molecule has 2 aromatic heterocycles. The first-order valence-corrected chi connectivity index (χ1v) is 9.96. The van der Waals surface area contributed by atoms with Crippen LogP contribution in [0.1, 0.15) is 5.56 Å². The maximum Gasteiger partial charge on any atom is 0.330 e. The van der Waals surface area contributed by atoms with Gasteiger partial charge in [-0.2, -0.15) is 0 Å². The summed E-state index contributed by atoms with van der Waals surface area (Å²) in [4.78, 5) is 38.8. The van der Waals surface area contributed by atoms with Crippen LogP contribution in [0.25, 0.3) is 27.8 Å². The van der Waals surface area contributed by atoms with Crippen molar-refractivity contribution >= 4 is 22.3 Å². The van der Waals surface area contributed by atoms with Crippen LogP contribution in [0.4, 0.5) is 11.4 Å². The molecule has 32 heavy (non-hydrogen) atoms. The average molecular weight is 433 g/mol. The molecule has 9 heteroatoms. The second-order valence-corrected chi connectivity index (χ2v) is 7.98. The Kier molecular flexibility index (Phi) is 4.96. The number of rotatable bonds is 4. The van der Waals surface area contributed by atoms with Crippen molar-refractivity contribution in [2.45, 2.75) is 6.92 Å². The monoisotopic (exact) mass is 433 g/mol. The molecular formula is C23H23N5O4. The van der Waals surface area contributed by atoms with E-state index in [9.17, 15) is 19.7 Å². The zero-order valence-corrected chi connectivity index (χ0v) is 18.5. The van der Waals surface area contributed by atoms with Crippen LogP contribution >= 0.6 is 0 Å². The number of fused-ring (bicyclic) bond motifs is 1. The lowest BCUT2D eigenvalue weighted by Crippen LogP contribution is -2.36. The van der Waals surface area contributed by atoms with Crippen LogP contribution in [0.5, 0.6) is 0 Å². The van der Waals surface area contributed by atoms with Crippen LogP contribution in [-0.2, 0) is 14.1 Å². The SMILES string of the molecule is Cc1ccc(-c2c3c(=O)n(C)c(=O)n(C)c3cn2-c2ccc(N(C)C)cc2)cc1[N+](=O)[O-]. The summed E-state index contributed by atoms with van der Waals surface area (Å²) < 4.78 is 4.26. The molecule has 0 spiro atoms. The molecule has 0 amide bonds. The van der Waals surface area contributed by atoms with Crippen LogP contribution in [-0.4, -0.2) is 32.7 Å². The summed E-state index contributed by atoms with van der Waals surface area (Å²) in [5.41, 5.74) is 2.83. The van der Waals surface area contributed by atoms with Crippen LogP contribution < -0.4 is 16.1 Å². The molecule has 0 aliphatic heterocycles. The number of benzene rings is 2. The van der Waals surface area contributed by atoms with Gasteiger partial charge in [-0.15, -0.1) is 0 Å². The van der Waals surface area contributed by atoms with Crippen molar-refractivity contribution in [3.05, 3.63) is 85.2 Å². The maximum absolute atomic E-state index is 13.2. The summed E-state index contributed by atoms with van der Waals surface area (Å²) in [5.74, 6) is 0. The fraction of sp³-hybridized carbons (Fsp3) is 0.217. The van der Waals surface area contributed by atoms with E-state index in [1.807, 2.05) is 43.3 Å². The van der Waals surface area contributed by atoms with Gasteiger partial charge in [0.1, 0.15) is 0 Å². The molecule has 0 atom stereocenters. The molecule has 0 N–H and O–H groups in total. The second-order valence-electron chi connectivity index (χ2n) is 7.98. The first-order valence-electron chi connectivity index (χ1n) is 9.96. The molecule has 0 aliphatic rings. The molecule has 0 radical (unpaired) electrons. The van der Waals surface area contributed by atoms with E-state index in [1.54, 1.807) is 36.9 Å². The highest BCUT2D eigenvalue weighted by molar-refractivity contribution is 5.95. The number of hydrogen-bond donors (Lipinski definition) is 0. The molecule has 0 fully saturated rings. The fourth-order valence-corrected chi connectivity index (χ4v) is 3.89. The largest absolute Gasteiger partial charge is 0.378 e. The summed E-state index contributed by atoms with van der Waals surface area (Å²) in [6.45, 7) is 1.67. The van der Waals surface area contributed by atoms with E-state index in [0.717, 1.165) is 15.9 Å². The number of aryl methyl sites for hydroxylation is 2. The molecule has 2 heterocycles. The predicted octanol–water partition coefficient (Wildman–Crippen LogP) is 2.98. The van der Waals surface area contributed by atoms with Crippen molar-refractivity contribution in [2.24, 2.45) is 14.1 Å². The molecule has 0 unspecified atom stereocenters. The second kappa shape index (κ2) is 7.52. The average Bonchev–Trinajstić information content (AvgIpc) is 3.17. The molecule has 0 aliphatic carbocycles. The van der Waals surface area contributed by atoms with Gasteiger partial charge in [-0.1, -0.05) is 12.1 Å². The fourth-order valence-electron chi connectivity index (χ4n) is 3.89. The molecule has 164 valence electrons. The van der Waals surface area contributed by atoms with Gasteiger partial charge in [0.05, 0.1) is 21.5 Å². The number of nitrogens with zero attached hydrogens (tertiary/aromatic N) is 5. The number of nitro groups is 1. The lowest BCUT2D eigenvalue weighted by atomic mass is 10.1. The number of nitro benzene ring substituents is 1. The Morgan fingerprint density at radius 3 is 2.22 bits per heavy atom. The highest BCUT2D eigenvalue weighted by Gasteiger charge is 2.22. The van der Waals surface area contributed by atoms with Gasteiger partial charge >= 0.3 is 5.69 Å². The summed E-state index contributed by atoms with van der Waals surface area (Å²) in [6.07, 6.45) is 1.73. The van der Waals surface area contributed by atoms with Gasteiger partial charge in [-0.25, -0.2) is 4.79 Å². The van der Waals surface area contributed by atoms with Crippen molar-refractivity contribution in [2.75, 3.05) is 19.0 Å². The number of aromatic nitrogens is 3. The van der Waals surface area contributed by atoms with Gasteiger partial charge in [0.25, 0.3) is 11.2 Å². The molecule has 0 bridgehead atoms. The quantitative estimate of drug-likeness (QED) is 0.364. The Bertz CT molecular complexity index is 1490. The third-order valence-corrected chi connectivity index (χ3v) is 5.76. The van der Waals surface area contributed by atoms with E-state index in [0.29, 0.717) is 27.7 Å². The Labute approximate surface area is 183 Å². The van der Waals surface area contributed by atoms with Gasteiger partial charge in [0, 0.05) is 63.0 Å². The standard InChI is InChI=1S/C23H23N5O4/c1-14-6-7-15(12-18(14)28(31)32)21-20-19(25(4)23(30)26(5)22(20)29)13-27(21)17-10-8-16(9-11-17)24(2)3/h6-13H,1-5H3. The zero-order valence-electron chi connectivity index (χ0n) is 18.5. The van der Waals surface area contributed by atoms with Crippen molar-refractivity contribution in [3.63, 3.8) is 0 Å². The van der Waals surface area contributed by atoms with Crippen molar-refractivity contribution in [3.8, 4) is 16.9 Å². The van der Waals surface area contributed by atoms with Gasteiger partial charge in [-0.3, -0.25) is 24.0 Å². The molecule has 9 nitrogen and oxygen atoms in total. The van der Waals surface area contributed by atoms with Gasteiger partial charge < -0.3 is 9.47 Å². The van der Waals surface area contributed by atoms with E-state index >= 15 is 0 Å². The Hall–Kier alpha value is -4.14. The topological polar surface area (TPSA) is 95.3 Å². The Morgan fingerprint density at radius 2 is 1.62 bits per heavy atom. The van der Waals surface area contributed by atoms with E-state index in [2.05, 4.69) is 0 Å². The van der Waals surface area contributed by atoms with E-state index in [1.165, 1.54) is 17.7 Å². The lowest BCUT2D eigenvalue weighted by molar-refractivity contribution is -0.385. The minimum atomic E-state index is -0.454. The molecule has 0 saturated carbocycles. The van der Waals surface area contributed by atoms with Gasteiger partial charge in [0.2, 0.25) is 0 Å². The van der Waals surface area contributed by atoms with Crippen LogP contribution in [0.2, 0.25) is 0 Å². The van der Waals surface area contributed by atoms with E-state index in [-0.39, 0.29) is 5.69 Å². The summed E-state index contributed by atoms with van der Waals surface area (Å²) in [5, 5.41) is 11.9. The van der Waals surface area contributed by atoms with Crippen LogP contribution in [0.15, 0.2) is 58.3 Å². The zero-order chi connectivity index (χ0) is 23.3. The van der Waals surface area contributed by atoms with E-state index in [4.69, 9.17) is 0 Å². The third kappa shape index (κ3) is 3.18. The Morgan fingerprint density at radius 1 is 0.969 bits per heavy atom. The molecule has 0 saturated heterocycles. The highest BCUT2D eigenvalue weighted by atomic mass is 16.6. The molecular weight excluding hydrogens is 410 g/mol. The summed E-state index contributed by atoms with van der Waals surface area (Å²) >= 11 is 0. The van der Waals surface area contributed by atoms with Gasteiger partial charge in [-0.05, 0) is 31.2 Å². The highest BCUT2D eigenvalue weighted by Crippen LogP contribution is 2.34. The number of anilines is 1. The maximum atomic E-state index is 13.2. The first-order chi connectivity index (χ1) is 15.1. The molecule has 4 aromatic rings. The minimum absolute atomic E-state index is 0.0343. The molecule has 2 aromatic carbocycles. The van der Waals surface area contributed by atoms with Gasteiger partial charge in [0.15, 0.2) is 0 Å². The molecule has 4 rings (SSSR count). The smallest absolute Gasteiger partial charge is 0.330 e. The predicted molar refractivity (Wildman–Crippen MR) is 125 cm³/mol. The minimum Gasteiger partial charge on any atom is -0.378 e. The first kappa shape index (κ1) is 21.1. The Balaban J connectivity index is 2.13. The van der Waals surface area contributed by atoms with E-state index < -0.39 is 16.2 Å². The van der Waals surface area contributed by atoms with Crippen molar-refractivity contribution in [1.29, 1.82) is 0 Å². The summed E-state index contributed by atoms with van der Waals surface area (Å²) in [6, 6.07) is 12.6. The van der Waals surface area contributed by atoms with Crippen LogP contribution in [0.3, 0.4) is 0 Å². The number of hydrogen-bond acceptors (Lipinski definition) is 5. The summed E-state index contributed by atoms with van der Waals surface area (Å²) in [7, 11) is 6.91. The van der Waals surface area contributed by atoms with Crippen LogP contribution in [0, 0.1) is 17.0 Å². The lowest BCUT2D eigenvalue weighted by Gasteiger charge is -2.14. The third-order valence-electron chi connectivity index (χ3n) is 5.76. The normalized spacial score (nSPS) is 11.2. The van der Waals surface area contributed by atoms with Crippen molar-refractivity contribution < 1.29 is 4.92 Å². The van der Waals surface area contributed by atoms with Crippen molar-refractivity contribution in [1.82, 2.24) is 13.7 Å².